The van der Waals surface area contributed by atoms with Gasteiger partial charge in [0.15, 0.2) is 11.2 Å². The molecule has 36 heavy (non-hydrogen) atoms. The lowest BCUT2D eigenvalue weighted by Crippen LogP contribution is -2.49. The van der Waals surface area contributed by atoms with Crippen molar-refractivity contribution >= 4 is 11.8 Å². The Hall–Kier alpha value is -3.30. The Kier molecular flexibility index (Phi) is 11.0. The Labute approximate surface area is 210 Å². The molecule has 0 bridgehead atoms. The number of carbonyl (C=O) groups is 2. The molecule has 194 valence electrons. The molecule has 2 amide bonds. The lowest BCUT2D eigenvalue weighted by Gasteiger charge is -2.23. The van der Waals surface area contributed by atoms with Crippen molar-refractivity contribution in [1.29, 1.82) is 0 Å². The molecule has 2 unspecified atom stereocenters. The van der Waals surface area contributed by atoms with E-state index in [4.69, 9.17) is 11.5 Å². The number of aliphatic hydroxyl groups is 4. The summed E-state index contributed by atoms with van der Waals surface area (Å²) in [5.41, 5.74) is 10.1. The SMILES string of the molecule is NCc1cccc(CNC(=O)C(O)(CO)CC#CCC(O)(CO)C(=O)NCc2cccc(CN)c2)c1. The van der Waals surface area contributed by atoms with Gasteiger partial charge in [-0.3, -0.25) is 9.59 Å². The summed E-state index contributed by atoms with van der Waals surface area (Å²) in [6.45, 7) is -0.858. The van der Waals surface area contributed by atoms with Gasteiger partial charge in [-0.1, -0.05) is 60.4 Å². The fourth-order valence-corrected chi connectivity index (χ4v) is 3.26. The monoisotopic (exact) mass is 498 g/mol. The number of amides is 2. The van der Waals surface area contributed by atoms with Crippen LogP contribution < -0.4 is 22.1 Å². The summed E-state index contributed by atoms with van der Waals surface area (Å²) >= 11 is 0. The van der Waals surface area contributed by atoms with E-state index < -0.39 is 49.1 Å². The molecule has 2 aromatic rings. The van der Waals surface area contributed by atoms with Crippen LogP contribution in [0.25, 0.3) is 0 Å². The summed E-state index contributed by atoms with van der Waals surface area (Å²) in [7, 11) is 0. The van der Waals surface area contributed by atoms with Gasteiger partial charge in [0.1, 0.15) is 0 Å². The standard InChI is InChI=1S/C26H34N4O6/c27-13-19-5-3-7-21(11-19)15-29-23(33)25(35,17-31)9-1-2-10-26(36,18-32)24(34)30-16-22-8-4-6-20(12-22)14-28/h3-8,11-12,31-32,35-36H,9-10,13-18,27-28H2,(H,29,33)(H,30,34). The van der Waals surface area contributed by atoms with Crippen LogP contribution in [0.15, 0.2) is 48.5 Å². The zero-order valence-corrected chi connectivity index (χ0v) is 20.0. The third kappa shape index (κ3) is 8.13. The van der Waals surface area contributed by atoms with Crippen LogP contribution in [0.5, 0.6) is 0 Å². The lowest BCUT2D eigenvalue weighted by molar-refractivity contribution is -0.144. The molecule has 0 aliphatic heterocycles. The van der Waals surface area contributed by atoms with Gasteiger partial charge in [0.25, 0.3) is 11.8 Å². The first-order valence-corrected chi connectivity index (χ1v) is 11.4. The average Bonchev–Trinajstić information content (AvgIpc) is 2.92. The third-order valence-electron chi connectivity index (χ3n) is 5.62. The third-order valence-corrected chi connectivity index (χ3v) is 5.62. The molecule has 0 aliphatic rings. The highest BCUT2D eigenvalue weighted by Gasteiger charge is 2.36. The Bertz CT molecular complexity index is 1020. The number of nitrogens with one attached hydrogen (secondary N) is 2. The second-order valence-corrected chi connectivity index (χ2v) is 8.50. The van der Waals surface area contributed by atoms with E-state index in [1.165, 1.54) is 0 Å². The Balaban J connectivity index is 1.94. The van der Waals surface area contributed by atoms with E-state index in [2.05, 4.69) is 22.5 Å². The predicted octanol–water partition coefficient (Wildman–Crippen LogP) is -1.23. The second-order valence-electron chi connectivity index (χ2n) is 8.50. The molecule has 0 aliphatic carbocycles. The highest BCUT2D eigenvalue weighted by atomic mass is 16.3. The minimum absolute atomic E-state index is 0.112. The molecule has 0 spiro atoms. The second kappa shape index (κ2) is 13.7. The quantitative estimate of drug-likeness (QED) is 0.167. The van der Waals surface area contributed by atoms with Gasteiger partial charge in [0.2, 0.25) is 0 Å². The summed E-state index contributed by atoms with van der Waals surface area (Å²) in [5, 5.41) is 45.3. The fourth-order valence-electron chi connectivity index (χ4n) is 3.26. The maximum absolute atomic E-state index is 12.5. The predicted molar refractivity (Wildman–Crippen MR) is 133 cm³/mol. The average molecular weight is 499 g/mol. The first-order chi connectivity index (χ1) is 17.2. The number of hydrogen-bond acceptors (Lipinski definition) is 8. The van der Waals surface area contributed by atoms with Crippen LogP contribution in [0.4, 0.5) is 0 Å². The number of aliphatic hydroxyl groups excluding tert-OH is 2. The van der Waals surface area contributed by atoms with Crippen molar-refractivity contribution < 1.29 is 30.0 Å². The van der Waals surface area contributed by atoms with Crippen LogP contribution in [0.1, 0.15) is 35.1 Å². The molecule has 0 saturated heterocycles. The van der Waals surface area contributed by atoms with Crippen molar-refractivity contribution in [3.8, 4) is 11.8 Å². The number of nitrogens with two attached hydrogens (primary N) is 2. The first-order valence-electron chi connectivity index (χ1n) is 11.4. The molecule has 0 fully saturated rings. The van der Waals surface area contributed by atoms with Gasteiger partial charge >= 0.3 is 0 Å². The Morgan fingerprint density at radius 2 is 1.08 bits per heavy atom. The number of benzene rings is 2. The molecule has 0 saturated carbocycles. The van der Waals surface area contributed by atoms with Crippen LogP contribution in [0.2, 0.25) is 0 Å². The summed E-state index contributed by atoms with van der Waals surface area (Å²) in [5.74, 6) is 3.36. The van der Waals surface area contributed by atoms with E-state index in [0.29, 0.717) is 13.1 Å². The molecule has 2 rings (SSSR count). The van der Waals surface area contributed by atoms with Gasteiger partial charge in [-0.2, -0.15) is 0 Å². The summed E-state index contributed by atoms with van der Waals surface area (Å²) < 4.78 is 0. The van der Waals surface area contributed by atoms with E-state index in [0.717, 1.165) is 22.3 Å². The van der Waals surface area contributed by atoms with Gasteiger partial charge in [0.05, 0.1) is 13.2 Å². The molecule has 0 aromatic heterocycles. The molecule has 2 atom stereocenters. The van der Waals surface area contributed by atoms with Crippen LogP contribution in [0, 0.1) is 11.8 Å². The van der Waals surface area contributed by atoms with Gasteiger partial charge < -0.3 is 42.5 Å². The zero-order valence-electron chi connectivity index (χ0n) is 20.0. The first kappa shape index (κ1) is 28.9. The highest BCUT2D eigenvalue weighted by molar-refractivity contribution is 5.86. The number of hydrogen-bond donors (Lipinski definition) is 8. The molecule has 10 nitrogen and oxygen atoms in total. The lowest BCUT2D eigenvalue weighted by atomic mass is 9.97. The van der Waals surface area contributed by atoms with Crippen molar-refractivity contribution in [3.63, 3.8) is 0 Å². The van der Waals surface area contributed by atoms with Crippen molar-refractivity contribution in [2.24, 2.45) is 11.5 Å². The van der Waals surface area contributed by atoms with Crippen molar-refractivity contribution in [2.45, 2.75) is 50.2 Å². The van der Waals surface area contributed by atoms with Gasteiger partial charge in [-0.15, -0.1) is 0 Å². The van der Waals surface area contributed by atoms with Crippen molar-refractivity contribution in [3.05, 3.63) is 70.8 Å². The minimum atomic E-state index is -2.19. The smallest absolute Gasteiger partial charge is 0.255 e. The van der Waals surface area contributed by atoms with Gasteiger partial charge in [0, 0.05) is 39.0 Å². The van der Waals surface area contributed by atoms with E-state index in [1.54, 1.807) is 24.3 Å². The largest absolute Gasteiger partial charge is 0.393 e. The molecular formula is C26H34N4O6. The van der Waals surface area contributed by atoms with E-state index in [9.17, 15) is 30.0 Å². The highest BCUT2D eigenvalue weighted by Crippen LogP contribution is 2.13. The van der Waals surface area contributed by atoms with Crippen molar-refractivity contribution in [1.82, 2.24) is 10.6 Å². The molecule has 10 N–H and O–H groups in total. The van der Waals surface area contributed by atoms with Gasteiger partial charge in [-0.05, 0) is 22.3 Å². The topological polar surface area (TPSA) is 191 Å². The maximum atomic E-state index is 12.5. The fraction of sp³-hybridized carbons (Fsp3) is 0.385. The summed E-state index contributed by atoms with van der Waals surface area (Å²) in [4.78, 5) is 24.9. The van der Waals surface area contributed by atoms with Crippen LogP contribution >= 0.6 is 0 Å². The summed E-state index contributed by atoms with van der Waals surface area (Å²) in [6.07, 6.45) is -0.902. The van der Waals surface area contributed by atoms with Gasteiger partial charge in [-0.25, -0.2) is 0 Å². The van der Waals surface area contributed by atoms with E-state index >= 15 is 0 Å². The Morgan fingerprint density at radius 1 is 0.722 bits per heavy atom. The van der Waals surface area contributed by atoms with E-state index in [1.807, 2.05) is 24.3 Å². The van der Waals surface area contributed by atoms with Crippen LogP contribution in [0.3, 0.4) is 0 Å². The van der Waals surface area contributed by atoms with Crippen molar-refractivity contribution in [2.75, 3.05) is 13.2 Å². The maximum Gasteiger partial charge on any atom is 0.255 e. The molecule has 10 heteroatoms. The van der Waals surface area contributed by atoms with E-state index in [-0.39, 0.29) is 13.1 Å². The minimum Gasteiger partial charge on any atom is -0.393 e. The summed E-state index contributed by atoms with van der Waals surface area (Å²) in [6, 6.07) is 14.5. The molecular weight excluding hydrogens is 464 g/mol. The molecule has 0 heterocycles. The number of rotatable bonds is 12. The zero-order chi connectivity index (χ0) is 26.6. The number of carbonyl (C=O) groups excluding carboxylic acids is 2. The molecule has 2 aromatic carbocycles. The normalized spacial score (nSPS) is 14.1. The molecule has 0 radical (unpaired) electrons. The Morgan fingerprint density at radius 3 is 1.42 bits per heavy atom. The van der Waals surface area contributed by atoms with Crippen LogP contribution in [-0.2, 0) is 35.8 Å². The van der Waals surface area contributed by atoms with Crippen LogP contribution in [-0.4, -0.2) is 56.7 Å².